The van der Waals surface area contributed by atoms with Gasteiger partial charge in [-0.2, -0.15) is 13.2 Å². The molecule has 1 unspecified atom stereocenters. The van der Waals surface area contributed by atoms with Gasteiger partial charge in [0.2, 0.25) is 0 Å². The Kier molecular flexibility index (Phi) is 3.71. The van der Waals surface area contributed by atoms with Crippen molar-refractivity contribution in [3.8, 4) is 0 Å². The van der Waals surface area contributed by atoms with E-state index in [1.807, 2.05) is 0 Å². The van der Waals surface area contributed by atoms with Crippen LogP contribution >= 0.6 is 0 Å². The number of nitrogens with two attached hydrogens (primary N) is 2. The van der Waals surface area contributed by atoms with Gasteiger partial charge in [-0.25, -0.2) is 4.98 Å². The highest BCUT2D eigenvalue weighted by atomic mass is 19.4. The molecule has 16 heavy (non-hydrogen) atoms. The molecule has 0 bridgehead atoms. The molecule has 1 aromatic heterocycles. The normalized spacial score (nSPS) is 13.8. The average Bonchev–Trinajstić information content (AvgIpc) is 2.14. The van der Waals surface area contributed by atoms with E-state index in [9.17, 15) is 13.2 Å². The minimum absolute atomic E-state index is 0.0622. The summed E-state index contributed by atoms with van der Waals surface area (Å²) < 4.78 is 36.9. The first kappa shape index (κ1) is 12.7. The molecule has 7 heteroatoms. The zero-order valence-corrected chi connectivity index (χ0v) is 8.67. The number of aromatic nitrogens is 1. The van der Waals surface area contributed by atoms with E-state index in [1.54, 1.807) is 13.0 Å². The summed E-state index contributed by atoms with van der Waals surface area (Å²) in [6.45, 7) is 1.66. The Balaban J connectivity index is 3.04. The molecule has 0 fully saturated rings. The van der Waals surface area contributed by atoms with Crippen LogP contribution in [0.4, 0.5) is 19.0 Å². The van der Waals surface area contributed by atoms with Crippen LogP contribution in [0.5, 0.6) is 0 Å². The Bertz CT molecular complexity index is 344. The molecule has 1 rings (SSSR count). The van der Waals surface area contributed by atoms with Crippen molar-refractivity contribution in [3.05, 3.63) is 23.4 Å². The van der Waals surface area contributed by atoms with E-state index < -0.39 is 18.6 Å². The van der Waals surface area contributed by atoms with E-state index in [1.165, 1.54) is 6.20 Å². The number of hydrazine groups is 1. The van der Waals surface area contributed by atoms with Gasteiger partial charge in [0.25, 0.3) is 0 Å². The second-order valence-corrected chi connectivity index (χ2v) is 3.47. The third-order valence-electron chi connectivity index (χ3n) is 2.22. The number of nitrogens with zero attached hydrogens (tertiary/aromatic N) is 1. The van der Waals surface area contributed by atoms with E-state index in [0.29, 0.717) is 11.1 Å². The van der Waals surface area contributed by atoms with Crippen LogP contribution in [0.1, 0.15) is 23.6 Å². The molecule has 0 saturated carbocycles. The lowest BCUT2D eigenvalue weighted by Crippen LogP contribution is -2.33. The number of nitrogens with one attached hydrogen (secondary N) is 1. The summed E-state index contributed by atoms with van der Waals surface area (Å²) in [6, 6.07) is 0.514. The number of nitrogen functional groups attached to an aromatic ring is 1. The Morgan fingerprint density at radius 2 is 2.12 bits per heavy atom. The number of rotatable bonds is 3. The predicted molar refractivity (Wildman–Crippen MR) is 54.1 cm³/mol. The minimum Gasteiger partial charge on any atom is -0.383 e. The molecule has 0 spiro atoms. The number of aryl methyl sites for hydroxylation is 1. The van der Waals surface area contributed by atoms with Crippen molar-refractivity contribution in [1.29, 1.82) is 0 Å². The first-order chi connectivity index (χ1) is 7.35. The number of hydrogen-bond donors (Lipinski definition) is 3. The summed E-state index contributed by atoms with van der Waals surface area (Å²) in [7, 11) is 0. The van der Waals surface area contributed by atoms with E-state index in [4.69, 9.17) is 11.6 Å². The van der Waals surface area contributed by atoms with Crippen molar-refractivity contribution in [1.82, 2.24) is 10.4 Å². The van der Waals surface area contributed by atoms with Gasteiger partial charge in [-0.05, 0) is 18.6 Å². The SMILES string of the molecule is Cc1ccnc(N)c1C(CC(F)(F)F)NN. The first-order valence-electron chi connectivity index (χ1n) is 4.59. The van der Waals surface area contributed by atoms with Crippen molar-refractivity contribution in [2.24, 2.45) is 5.84 Å². The van der Waals surface area contributed by atoms with Gasteiger partial charge in [0, 0.05) is 11.8 Å². The molecule has 0 aliphatic heterocycles. The monoisotopic (exact) mass is 234 g/mol. The van der Waals surface area contributed by atoms with Crippen molar-refractivity contribution in [3.63, 3.8) is 0 Å². The standard InChI is InChI=1S/C9H13F3N4/c1-5-2-3-15-8(13)7(5)6(16-14)4-9(10,11)12/h2-3,6,16H,4,14H2,1H3,(H2,13,15). The maximum absolute atomic E-state index is 12.3. The predicted octanol–water partition coefficient (Wildman–Crippen LogP) is 1.43. The Labute approximate surface area is 90.8 Å². The van der Waals surface area contributed by atoms with Gasteiger partial charge in [0.15, 0.2) is 0 Å². The summed E-state index contributed by atoms with van der Waals surface area (Å²) >= 11 is 0. The summed E-state index contributed by atoms with van der Waals surface area (Å²) in [5.41, 5.74) is 8.58. The van der Waals surface area contributed by atoms with Crippen LogP contribution in [0.25, 0.3) is 0 Å². The quantitative estimate of drug-likeness (QED) is 0.546. The summed E-state index contributed by atoms with van der Waals surface area (Å²) in [5, 5.41) is 0. The van der Waals surface area contributed by atoms with Crippen molar-refractivity contribution >= 4 is 5.82 Å². The largest absolute Gasteiger partial charge is 0.390 e. The fourth-order valence-electron chi connectivity index (χ4n) is 1.52. The highest BCUT2D eigenvalue weighted by Gasteiger charge is 2.33. The van der Waals surface area contributed by atoms with E-state index in [-0.39, 0.29) is 5.82 Å². The molecule has 0 aromatic carbocycles. The minimum atomic E-state index is -4.31. The molecule has 0 amide bonds. The number of hydrogen-bond acceptors (Lipinski definition) is 4. The van der Waals surface area contributed by atoms with Crippen LogP contribution in [-0.2, 0) is 0 Å². The molecular formula is C9H13F3N4. The van der Waals surface area contributed by atoms with Gasteiger partial charge in [-0.3, -0.25) is 11.3 Å². The van der Waals surface area contributed by atoms with Crippen LogP contribution in [-0.4, -0.2) is 11.2 Å². The third-order valence-corrected chi connectivity index (χ3v) is 2.22. The van der Waals surface area contributed by atoms with Crippen LogP contribution in [0.3, 0.4) is 0 Å². The Hall–Kier alpha value is -1.34. The van der Waals surface area contributed by atoms with Gasteiger partial charge in [0.1, 0.15) is 5.82 Å². The lowest BCUT2D eigenvalue weighted by atomic mass is 10.0. The summed E-state index contributed by atoms with van der Waals surface area (Å²) in [4.78, 5) is 3.75. The number of halogens is 3. The Morgan fingerprint density at radius 1 is 1.50 bits per heavy atom. The van der Waals surface area contributed by atoms with E-state index in [2.05, 4.69) is 10.4 Å². The first-order valence-corrected chi connectivity index (χ1v) is 4.59. The molecule has 4 nitrogen and oxygen atoms in total. The molecule has 5 N–H and O–H groups in total. The lowest BCUT2D eigenvalue weighted by molar-refractivity contribution is -0.140. The maximum atomic E-state index is 12.3. The van der Waals surface area contributed by atoms with E-state index in [0.717, 1.165) is 0 Å². The summed E-state index contributed by atoms with van der Waals surface area (Å²) in [5.74, 6) is 5.18. The third kappa shape index (κ3) is 3.07. The lowest BCUT2D eigenvalue weighted by Gasteiger charge is -2.20. The van der Waals surface area contributed by atoms with Crippen LogP contribution < -0.4 is 17.0 Å². The van der Waals surface area contributed by atoms with Gasteiger partial charge < -0.3 is 5.73 Å². The second-order valence-electron chi connectivity index (χ2n) is 3.47. The van der Waals surface area contributed by atoms with Crippen LogP contribution in [0.2, 0.25) is 0 Å². The zero-order valence-electron chi connectivity index (χ0n) is 8.67. The molecule has 1 heterocycles. The fourth-order valence-corrected chi connectivity index (χ4v) is 1.52. The molecule has 0 aliphatic carbocycles. The van der Waals surface area contributed by atoms with Gasteiger partial charge in [0.05, 0.1) is 12.5 Å². The molecule has 1 aromatic rings. The maximum Gasteiger partial charge on any atom is 0.390 e. The molecular weight excluding hydrogens is 221 g/mol. The highest BCUT2D eigenvalue weighted by molar-refractivity contribution is 5.46. The topological polar surface area (TPSA) is 77.0 Å². The molecule has 0 saturated heterocycles. The van der Waals surface area contributed by atoms with Gasteiger partial charge in [-0.15, -0.1) is 0 Å². The summed E-state index contributed by atoms with van der Waals surface area (Å²) in [6.07, 6.45) is -3.96. The highest BCUT2D eigenvalue weighted by Crippen LogP contribution is 2.32. The molecule has 1 atom stereocenters. The number of anilines is 1. The van der Waals surface area contributed by atoms with Crippen molar-refractivity contribution < 1.29 is 13.2 Å². The van der Waals surface area contributed by atoms with Crippen LogP contribution in [0, 0.1) is 6.92 Å². The fraction of sp³-hybridized carbons (Fsp3) is 0.444. The van der Waals surface area contributed by atoms with Gasteiger partial charge >= 0.3 is 6.18 Å². The van der Waals surface area contributed by atoms with Crippen LogP contribution in [0.15, 0.2) is 12.3 Å². The average molecular weight is 234 g/mol. The van der Waals surface area contributed by atoms with Crippen molar-refractivity contribution in [2.75, 3.05) is 5.73 Å². The van der Waals surface area contributed by atoms with E-state index >= 15 is 0 Å². The van der Waals surface area contributed by atoms with Crippen molar-refractivity contribution in [2.45, 2.75) is 25.6 Å². The Morgan fingerprint density at radius 3 is 2.56 bits per heavy atom. The second kappa shape index (κ2) is 4.67. The number of pyridine rings is 1. The molecule has 0 aliphatic rings. The number of alkyl halides is 3. The van der Waals surface area contributed by atoms with Gasteiger partial charge in [-0.1, -0.05) is 0 Å². The molecule has 90 valence electrons. The molecule has 0 radical (unpaired) electrons. The zero-order chi connectivity index (χ0) is 12.3. The smallest absolute Gasteiger partial charge is 0.383 e.